The number of hydrogen-bond acceptors (Lipinski definition) is 5. The first-order valence-electron chi connectivity index (χ1n) is 13.4. The van der Waals surface area contributed by atoms with Crippen LogP contribution in [-0.2, 0) is 14.4 Å². The third-order valence-corrected chi connectivity index (χ3v) is 10.7. The average Bonchev–Trinajstić information content (AvgIpc) is 3.49. The van der Waals surface area contributed by atoms with Crippen LogP contribution in [0, 0.1) is 17.8 Å². The molecule has 0 aromatic heterocycles. The summed E-state index contributed by atoms with van der Waals surface area (Å²) in [7, 11) is 1.74. The number of carbonyl (C=O) groups is 3. The summed E-state index contributed by atoms with van der Waals surface area (Å²) in [6.07, 6.45) is 6.18. The summed E-state index contributed by atoms with van der Waals surface area (Å²) < 4.78 is -0.703. The largest absolute Gasteiger partial charge is 0.396 e. The first-order chi connectivity index (χ1) is 18.2. The number of unbranched alkanes of at least 4 members (excludes halogenated alkanes) is 2. The van der Waals surface area contributed by atoms with E-state index in [0.29, 0.717) is 36.6 Å². The Kier molecular flexibility index (Phi) is 8.95. The molecule has 3 aliphatic rings. The first-order valence-corrected chi connectivity index (χ1v) is 14.6. The molecule has 3 saturated heterocycles. The normalized spacial score (nSPS) is 29.3. The molecule has 6 atom stereocenters. The van der Waals surface area contributed by atoms with Gasteiger partial charge in [-0.2, -0.15) is 0 Å². The molecule has 4 rings (SSSR count). The number of aliphatic hydroxyl groups excluding tert-OH is 1. The van der Waals surface area contributed by atoms with Crippen molar-refractivity contribution in [2.24, 2.45) is 17.8 Å². The quantitative estimate of drug-likeness (QED) is 0.309. The van der Waals surface area contributed by atoms with Crippen LogP contribution < -0.4 is 4.90 Å². The van der Waals surface area contributed by atoms with Crippen molar-refractivity contribution in [1.82, 2.24) is 9.80 Å². The van der Waals surface area contributed by atoms with Crippen LogP contribution >= 0.6 is 23.4 Å². The third kappa shape index (κ3) is 4.69. The maximum Gasteiger partial charge on any atom is 0.251 e. The zero-order valence-electron chi connectivity index (χ0n) is 22.2. The molecule has 3 aliphatic heterocycles. The standard InChI is InChI=1S/C29H38ClN3O4S/c1-5-14-31(4)26(35)23-22-18-19(3)29(38-22)24(23)27(36)33(16-10-7-11-17-34)25(29)28(37)32(15-6-2)21-13-9-8-12-20(21)30/h5-6,8-9,12-13,19,22-25,34H,1-2,7,10-11,14-18H2,3-4H3/t19?,22-,23+,24-,25?,29?/m0/s1. The van der Waals surface area contributed by atoms with E-state index in [1.165, 1.54) is 0 Å². The summed E-state index contributed by atoms with van der Waals surface area (Å²) in [4.78, 5) is 47.5. The number of amides is 3. The molecule has 206 valence electrons. The Bertz CT molecular complexity index is 1100. The summed E-state index contributed by atoms with van der Waals surface area (Å²) in [5.74, 6) is -1.32. The predicted octanol–water partition coefficient (Wildman–Crippen LogP) is 4.00. The van der Waals surface area contributed by atoms with Crippen molar-refractivity contribution in [1.29, 1.82) is 0 Å². The van der Waals surface area contributed by atoms with Gasteiger partial charge in [0.05, 0.1) is 27.3 Å². The lowest BCUT2D eigenvalue weighted by Crippen LogP contribution is -2.57. The molecule has 2 bridgehead atoms. The maximum absolute atomic E-state index is 14.6. The lowest BCUT2D eigenvalue weighted by molar-refractivity contribution is -0.143. The average molecular weight is 560 g/mol. The minimum Gasteiger partial charge on any atom is -0.396 e. The van der Waals surface area contributed by atoms with Crippen LogP contribution in [0.2, 0.25) is 5.02 Å². The molecule has 3 amide bonds. The van der Waals surface area contributed by atoms with Crippen molar-refractivity contribution in [2.45, 2.75) is 48.6 Å². The summed E-state index contributed by atoms with van der Waals surface area (Å²) >= 11 is 8.21. The Morgan fingerprint density at radius 3 is 2.55 bits per heavy atom. The van der Waals surface area contributed by atoms with E-state index in [0.717, 1.165) is 12.8 Å². The van der Waals surface area contributed by atoms with Crippen molar-refractivity contribution in [3.63, 3.8) is 0 Å². The van der Waals surface area contributed by atoms with Crippen LogP contribution in [0.1, 0.15) is 32.6 Å². The summed E-state index contributed by atoms with van der Waals surface area (Å²) in [6, 6.07) is 6.48. The second-order valence-electron chi connectivity index (χ2n) is 10.6. The van der Waals surface area contributed by atoms with Crippen LogP contribution in [-0.4, -0.2) is 82.0 Å². The van der Waals surface area contributed by atoms with Crippen molar-refractivity contribution in [2.75, 3.05) is 38.2 Å². The fourth-order valence-electron chi connectivity index (χ4n) is 6.68. The molecule has 1 aromatic carbocycles. The molecular formula is C29H38ClN3O4S. The Hall–Kier alpha value is -2.29. The fourth-order valence-corrected chi connectivity index (χ4v) is 9.33. The minimum absolute atomic E-state index is 0.0151. The number of likely N-dealkylation sites (tertiary alicyclic amines) is 1. The van der Waals surface area contributed by atoms with Gasteiger partial charge in [-0.05, 0) is 43.7 Å². The smallest absolute Gasteiger partial charge is 0.251 e. The Balaban J connectivity index is 1.78. The van der Waals surface area contributed by atoms with E-state index in [2.05, 4.69) is 20.1 Å². The molecular weight excluding hydrogens is 522 g/mol. The number of likely N-dealkylation sites (N-methyl/N-ethyl adjacent to an activating group) is 1. The highest BCUT2D eigenvalue weighted by atomic mass is 35.5. The number of rotatable bonds is 12. The molecule has 7 nitrogen and oxygen atoms in total. The topological polar surface area (TPSA) is 81.2 Å². The number of benzene rings is 1. The van der Waals surface area contributed by atoms with E-state index in [1.54, 1.807) is 57.8 Å². The first kappa shape index (κ1) is 28.7. The van der Waals surface area contributed by atoms with Crippen molar-refractivity contribution < 1.29 is 19.5 Å². The molecule has 0 radical (unpaired) electrons. The van der Waals surface area contributed by atoms with Gasteiger partial charge < -0.3 is 19.8 Å². The van der Waals surface area contributed by atoms with Gasteiger partial charge in [0.2, 0.25) is 11.8 Å². The molecule has 38 heavy (non-hydrogen) atoms. The van der Waals surface area contributed by atoms with E-state index in [-0.39, 0.29) is 42.0 Å². The van der Waals surface area contributed by atoms with Gasteiger partial charge in [0, 0.05) is 38.5 Å². The van der Waals surface area contributed by atoms with Gasteiger partial charge in [0.1, 0.15) is 6.04 Å². The zero-order valence-corrected chi connectivity index (χ0v) is 23.8. The summed E-state index contributed by atoms with van der Waals surface area (Å²) in [5, 5.41) is 9.70. The van der Waals surface area contributed by atoms with E-state index >= 15 is 0 Å². The monoisotopic (exact) mass is 559 g/mol. The molecule has 0 aliphatic carbocycles. The van der Waals surface area contributed by atoms with Gasteiger partial charge in [0.25, 0.3) is 5.91 Å². The Labute approximate surface area is 234 Å². The number of nitrogens with zero attached hydrogens (tertiary/aromatic N) is 3. The molecule has 3 heterocycles. The number of aliphatic hydroxyl groups is 1. The number of halogens is 1. The molecule has 9 heteroatoms. The third-order valence-electron chi connectivity index (χ3n) is 8.32. The van der Waals surface area contributed by atoms with Gasteiger partial charge in [-0.15, -0.1) is 24.9 Å². The van der Waals surface area contributed by atoms with Crippen LogP contribution in [0.15, 0.2) is 49.6 Å². The van der Waals surface area contributed by atoms with Crippen LogP contribution in [0.4, 0.5) is 5.69 Å². The highest BCUT2D eigenvalue weighted by molar-refractivity contribution is 8.02. The molecule has 0 saturated carbocycles. The molecule has 3 unspecified atom stereocenters. The van der Waals surface area contributed by atoms with Gasteiger partial charge >= 0.3 is 0 Å². The molecule has 1 aromatic rings. The summed E-state index contributed by atoms with van der Waals surface area (Å²) in [6.45, 7) is 10.9. The molecule has 3 fully saturated rings. The van der Waals surface area contributed by atoms with Crippen molar-refractivity contribution >= 4 is 46.8 Å². The molecule has 1 spiro atoms. The fraction of sp³-hybridized carbons (Fsp3) is 0.552. The minimum atomic E-state index is -0.724. The zero-order chi connectivity index (χ0) is 27.6. The number of carbonyl (C=O) groups excluding carboxylic acids is 3. The number of anilines is 1. The second kappa shape index (κ2) is 11.8. The Morgan fingerprint density at radius 2 is 1.89 bits per heavy atom. The van der Waals surface area contributed by atoms with Crippen LogP contribution in [0.5, 0.6) is 0 Å². The lowest BCUT2D eigenvalue weighted by Gasteiger charge is -2.41. The van der Waals surface area contributed by atoms with E-state index in [9.17, 15) is 19.5 Å². The summed E-state index contributed by atoms with van der Waals surface area (Å²) in [5.41, 5.74) is 0.579. The number of thioether (sulfide) groups is 1. The highest BCUT2D eigenvalue weighted by Crippen LogP contribution is 2.69. The Morgan fingerprint density at radius 1 is 1.18 bits per heavy atom. The SMILES string of the molecule is C=CCN(C)C(=O)[C@@H]1[C@@H]2CC(C)C3(S2)C(C(=O)N(CC=C)c2ccccc2Cl)N(CCCCCO)C(=O)[C@H]13. The van der Waals surface area contributed by atoms with Gasteiger partial charge in [-0.25, -0.2) is 0 Å². The number of fused-ring (bicyclic) bond motifs is 1. The van der Waals surface area contributed by atoms with Gasteiger partial charge in [0.15, 0.2) is 0 Å². The predicted molar refractivity (Wildman–Crippen MR) is 153 cm³/mol. The lowest BCUT2D eigenvalue weighted by atomic mass is 9.65. The van der Waals surface area contributed by atoms with Gasteiger partial charge in [-0.3, -0.25) is 14.4 Å². The van der Waals surface area contributed by atoms with E-state index < -0.39 is 22.6 Å². The van der Waals surface area contributed by atoms with Crippen LogP contribution in [0.3, 0.4) is 0 Å². The maximum atomic E-state index is 14.6. The number of para-hydroxylation sites is 1. The second-order valence-corrected chi connectivity index (χ2v) is 12.5. The van der Waals surface area contributed by atoms with Gasteiger partial charge in [-0.1, -0.05) is 42.8 Å². The van der Waals surface area contributed by atoms with Crippen LogP contribution in [0.25, 0.3) is 0 Å². The molecule has 1 N–H and O–H groups in total. The van der Waals surface area contributed by atoms with E-state index in [4.69, 9.17) is 11.6 Å². The van der Waals surface area contributed by atoms with E-state index in [1.807, 2.05) is 12.1 Å². The highest BCUT2D eigenvalue weighted by Gasteiger charge is 2.76. The van der Waals surface area contributed by atoms with Crippen molar-refractivity contribution in [3.8, 4) is 0 Å². The van der Waals surface area contributed by atoms with Crippen molar-refractivity contribution in [3.05, 3.63) is 54.6 Å². The number of hydrogen-bond donors (Lipinski definition) is 1.